The Kier molecular flexibility index (Phi) is 7.17. The summed E-state index contributed by atoms with van der Waals surface area (Å²) in [5.41, 5.74) is -2.09. The topological polar surface area (TPSA) is 186 Å². The highest BCUT2D eigenvalue weighted by molar-refractivity contribution is 6.30. The van der Waals surface area contributed by atoms with Gasteiger partial charge in [-0.1, -0.05) is 12.1 Å². The predicted molar refractivity (Wildman–Crippen MR) is 145 cm³/mol. The number of aliphatic carboxylic acids is 1. The second-order valence-electron chi connectivity index (χ2n) is 12.0. The number of phenolic OH excluding ortho intramolecular Hbond substituents is 2. The molecule has 43 heavy (non-hydrogen) atoms. The van der Waals surface area contributed by atoms with Gasteiger partial charge in [0.2, 0.25) is 0 Å². The van der Waals surface area contributed by atoms with Crippen LogP contribution in [0.15, 0.2) is 24.3 Å². The number of carbonyl (C=O) groups is 4. The predicted octanol–water partition coefficient (Wildman–Crippen LogP) is 2.35. The summed E-state index contributed by atoms with van der Waals surface area (Å²) in [6, 6.07) is 5.55. The van der Waals surface area contributed by atoms with Crippen LogP contribution in [0.2, 0.25) is 0 Å². The summed E-state index contributed by atoms with van der Waals surface area (Å²) < 4.78 is 24.2. The number of rotatable bonds is 5. The van der Waals surface area contributed by atoms with Crippen LogP contribution in [0, 0.1) is 0 Å². The van der Waals surface area contributed by atoms with Crippen molar-refractivity contribution in [2.24, 2.45) is 0 Å². The average Bonchev–Trinajstić information content (AvgIpc) is 2.91. The van der Waals surface area contributed by atoms with Crippen LogP contribution in [0.25, 0.3) is 0 Å². The molecule has 12 nitrogen and oxygen atoms in total. The van der Waals surface area contributed by atoms with E-state index in [0.717, 1.165) is 0 Å². The van der Waals surface area contributed by atoms with E-state index in [1.165, 1.54) is 31.2 Å². The fraction of sp³-hybridized carbons (Fsp3) is 0.484. The van der Waals surface area contributed by atoms with Gasteiger partial charge >= 0.3 is 5.97 Å². The number of fused-ring (bicyclic) bond motifs is 4. The first-order chi connectivity index (χ1) is 20.3. The van der Waals surface area contributed by atoms with Gasteiger partial charge in [-0.3, -0.25) is 19.2 Å². The van der Waals surface area contributed by atoms with Crippen LogP contribution in [-0.4, -0.2) is 86.2 Å². The molecule has 2 aromatic rings. The van der Waals surface area contributed by atoms with Crippen molar-refractivity contribution in [1.29, 1.82) is 0 Å². The number of carboxylic acids is 1. The molecule has 4 aliphatic rings. The quantitative estimate of drug-likeness (QED) is 0.337. The molecule has 0 radical (unpaired) electrons. The van der Waals surface area contributed by atoms with Crippen molar-refractivity contribution in [1.82, 2.24) is 0 Å². The zero-order chi connectivity index (χ0) is 31.0. The molecule has 0 aromatic heterocycles. The monoisotopic (exact) mass is 596 g/mol. The van der Waals surface area contributed by atoms with Gasteiger partial charge in [-0.2, -0.15) is 0 Å². The number of aromatic hydroxyl groups is 2. The van der Waals surface area contributed by atoms with Gasteiger partial charge in [0, 0.05) is 36.0 Å². The minimum absolute atomic E-state index is 0.0838. The maximum atomic E-state index is 13.6. The maximum absolute atomic E-state index is 13.6. The highest BCUT2D eigenvalue weighted by atomic mass is 16.7. The number of phenols is 2. The van der Waals surface area contributed by atoms with E-state index in [1.54, 1.807) is 13.8 Å². The molecule has 3 fully saturated rings. The lowest BCUT2D eigenvalue weighted by atomic mass is 9.79. The van der Waals surface area contributed by atoms with Crippen molar-refractivity contribution in [3.63, 3.8) is 0 Å². The van der Waals surface area contributed by atoms with Gasteiger partial charge in [0.15, 0.2) is 23.6 Å². The molecule has 2 aromatic carbocycles. The molecule has 228 valence electrons. The van der Waals surface area contributed by atoms with Crippen LogP contribution in [0.1, 0.15) is 89.1 Å². The summed E-state index contributed by atoms with van der Waals surface area (Å²) in [6.45, 7) is 4.75. The molecule has 8 atom stereocenters. The molecule has 6 rings (SSSR count). The van der Waals surface area contributed by atoms with Crippen LogP contribution in [0.5, 0.6) is 11.5 Å². The van der Waals surface area contributed by atoms with Crippen LogP contribution in [0.3, 0.4) is 0 Å². The van der Waals surface area contributed by atoms with Crippen LogP contribution < -0.4 is 0 Å². The zero-order valence-electron chi connectivity index (χ0n) is 23.7. The molecule has 3 aliphatic heterocycles. The zero-order valence-corrected chi connectivity index (χ0v) is 23.7. The third-order valence-electron chi connectivity index (χ3n) is 8.66. The third-order valence-corrected chi connectivity index (χ3v) is 8.66. The number of benzene rings is 2. The molecule has 4 N–H and O–H groups in total. The highest BCUT2D eigenvalue weighted by Crippen LogP contribution is 2.46. The Morgan fingerprint density at radius 2 is 1.56 bits per heavy atom. The van der Waals surface area contributed by atoms with Crippen molar-refractivity contribution in [2.45, 2.75) is 95.0 Å². The van der Waals surface area contributed by atoms with E-state index in [1.807, 2.05) is 0 Å². The van der Waals surface area contributed by atoms with E-state index < -0.39 is 84.0 Å². The SMILES string of the molecule is C[C@@H]1O[C@H]2O[C@H]3[C@@H](C)OC(c4ccc5c(c4O)C(=O)c4ccc(C[C@@](C)(O)CC(=O)O)c(O)c4C5=O)C[C@H]3O[C@H]2CC1=O. The molecule has 0 bridgehead atoms. The van der Waals surface area contributed by atoms with Gasteiger partial charge in [0.25, 0.3) is 0 Å². The summed E-state index contributed by atoms with van der Waals surface area (Å²) in [5, 5.41) is 41.9. The molecule has 3 heterocycles. The lowest BCUT2D eigenvalue weighted by Gasteiger charge is -2.49. The summed E-state index contributed by atoms with van der Waals surface area (Å²) in [7, 11) is 0. The van der Waals surface area contributed by atoms with Crippen molar-refractivity contribution in [3.8, 4) is 11.5 Å². The van der Waals surface area contributed by atoms with Crippen LogP contribution in [-0.2, 0) is 35.0 Å². The second kappa shape index (κ2) is 10.5. The number of Topliss-reactive ketones (excluding diaryl/α,β-unsaturated/α-hetero) is 1. The summed E-state index contributed by atoms with van der Waals surface area (Å²) in [4.78, 5) is 50.5. The normalized spacial score (nSPS) is 31.3. The number of ether oxygens (including phenoxy) is 4. The molecular formula is C31H32O12. The highest BCUT2D eigenvalue weighted by Gasteiger charge is 2.50. The number of ketones is 3. The third kappa shape index (κ3) is 5.02. The lowest BCUT2D eigenvalue weighted by Crippen LogP contribution is -2.60. The first-order valence-corrected chi connectivity index (χ1v) is 14.1. The lowest BCUT2D eigenvalue weighted by molar-refractivity contribution is -0.347. The average molecular weight is 597 g/mol. The molecule has 0 saturated carbocycles. The fourth-order valence-corrected chi connectivity index (χ4v) is 6.56. The first-order valence-electron chi connectivity index (χ1n) is 14.1. The Hall–Kier alpha value is -3.68. The van der Waals surface area contributed by atoms with Crippen molar-refractivity contribution in [3.05, 3.63) is 57.6 Å². The number of carboxylic acid groups (broad SMARTS) is 1. The number of aliphatic hydroxyl groups is 1. The largest absolute Gasteiger partial charge is 0.507 e. The Balaban J connectivity index is 1.28. The van der Waals surface area contributed by atoms with E-state index in [2.05, 4.69) is 0 Å². The Morgan fingerprint density at radius 1 is 0.907 bits per heavy atom. The minimum Gasteiger partial charge on any atom is -0.507 e. The molecule has 3 saturated heterocycles. The van der Waals surface area contributed by atoms with Gasteiger partial charge < -0.3 is 39.4 Å². The van der Waals surface area contributed by atoms with E-state index in [4.69, 9.17) is 24.1 Å². The molecule has 12 heteroatoms. The van der Waals surface area contributed by atoms with E-state index in [-0.39, 0.29) is 58.4 Å². The van der Waals surface area contributed by atoms with Crippen molar-refractivity contribution >= 4 is 23.3 Å². The van der Waals surface area contributed by atoms with E-state index in [9.17, 15) is 34.5 Å². The Bertz CT molecular complexity index is 1540. The number of carbonyl (C=O) groups excluding carboxylic acids is 3. The summed E-state index contributed by atoms with van der Waals surface area (Å²) in [5.74, 6) is -3.66. The van der Waals surface area contributed by atoms with Gasteiger partial charge in [0.1, 0.15) is 29.8 Å². The number of hydrogen-bond acceptors (Lipinski definition) is 11. The molecule has 1 aliphatic carbocycles. The van der Waals surface area contributed by atoms with Crippen molar-refractivity contribution < 1.29 is 58.6 Å². The van der Waals surface area contributed by atoms with Crippen LogP contribution in [0.4, 0.5) is 0 Å². The fourth-order valence-electron chi connectivity index (χ4n) is 6.56. The van der Waals surface area contributed by atoms with Gasteiger partial charge in [0.05, 0.1) is 41.5 Å². The standard InChI is InChI=1S/C31H32O12/c1-12-18(32)8-21-30(41-12)43-29-13(2)40-19(9-20(29)42-21)15-6-7-17-24(26(15)36)28(38)16-5-4-14(25(35)23(16)27(17)37)10-31(3,39)11-22(33)34/h4-7,12-13,19-21,29-30,35-36,39H,8-11H2,1-3H3,(H,33,34)/t12-,13+,19?,20+,21-,29-,30-,31+/m0/s1. The smallest absolute Gasteiger partial charge is 0.306 e. The first kappa shape index (κ1) is 29.4. The number of hydrogen-bond donors (Lipinski definition) is 4. The van der Waals surface area contributed by atoms with Gasteiger partial charge in [-0.05, 0) is 38.5 Å². The molecule has 0 spiro atoms. The second-order valence-corrected chi connectivity index (χ2v) is 12.0. The minimum atomic E-state index is -1.72. The summed E-state index contributed by atoms with van der Waals surface area (Å²) >= 11 is 0. The van der Waals surface area contributed by atoms with E-state index in [0.29, 0.717) is 0 Å². The molecule has 0 amide bonds. The Labute approximate surface area is 246 Å². The molecular weight excluding hydrogens is 564 g/mol. The van der Waals surface area contributed by atoms with Gasteiger partial charge in [-0.15, -0.1) is 0 Å². The van der Waals surface area contributed by atoms with E-state index >= 15 is 0 Å². The molecule has 1 unspecified atom stereocenters. The maximum Gasteiger partial charge on any atom is 0.306 e. The van der Waals surface area contributed by atoms with Gasteiger partial charge in [-0.25, -0.2) is 0 Å². The summed E-state index contributed by atoms with van der Waals surface area (Å²) in [6.07, 6.45) is -4.53. The van der Waals surface area contributed by atoms with Crippen LogP contribution >= 0.6 is 0 Å². The van der Waals surface area contributed by atoms with Crippen molar-refractivity contribution in [2.75, 3.05) is 0 Å². The Morgan fingerprint density at radius 3 is 2.23 bits per heavy atom.